The molecule has 3 rings (SSSR count). The summed E-state index contributed by atoms with van der Waals surface area (Å²) < 4.78 is 0. The van der Waals surface area contributed by atoms with Crippen molar-refractivity contribution in [1.29, 1.82) is 0 Å². The Hall–Kier alpha value is -2.21. The van der Waals surface area contributed by atoms with Crippen LogP contribution in [0.5, 0.6) is 0 Å². The molecular weight excluding hydrogens is 308 g/mol. The van der Waals surface area contributed by atoms with Gasteiger partial charge in [0.2, 0.25) is 0 Å². The largest absolute Gasteiger partial charge is 0.383 e. The minimum atomic E-state index is -0.0779. The van der Waals surface area contributed by atoms with Crippen LogP contribution in [0.2, 0.25) is 0 Å². The first-order valence-corrected chi connectivity index (χ1v) is 8.72. The number of aromatic nitrogens is 2. The zero-order chi connectivity index (χ0) is 16.1. The maximum absolute atomic E-state index is 12.9. The number of amides is 1. The van der Waals surface area contributed by atoms with Crippen LogP contribution in [0.3, 0.4) is 0 Å². The summed E-state index contributed by atoms with van der Waals surface area (Å²) in [6, 6.07) is 4.20. The second kappa shape index (κ2) is 7.37. The molecule has 2 N–H and O–H groups in total. The molecule has 3 heterocycles. The van der Waals surface area contributed by atoms with Crippen molar-refractivity contribution in [1.82, 2.24) is 14.9 Å². The maximum atomic E-state index is 12.9. The van der Waals surface area contributed by atoms with Crippen LogP contribution in [0, 0.1) is 0 Å². The minimum Gasteiger partial charge on any atom is -0.383 e. The third-order valence-corrected chi connectivity index (χ3v) is 4.90. The van der Waals surface area contributed by atoms with E-state index in [0.717, 1.165) is 32.2 Å². The van der Waals surface area contributed by atoms with Gasteiger partial charge < -0.3 is 10.6 Å². The van der Waals surface area contributed by atoms with Crippen LogP contribution < -0.4 is 5.73 Å². The van der Waals surface area contributed by atoms with E-state index in [1.807, 2.05) is 11.0 Å². The van der Waals surface area contributed by atoms with Gasteiger partial charge in [0.1, 0.15) is 17.7 Å². The molecule has 1 fully saturated rings. The maximum Gasteiger partial charge on any atom is 0.259 e. The smallest absolute Gasteiger partial charge is 0.259 e. The van der Waals surface area contributed by atoms with Gasteiger partial charge in [-0.15, -0.1) is 11.3 Å². The predicted octanol–water partition coefficient (Wildman–Crippen LogP) is 3.22. The van der Waals surface area contributed by atoms with Gasteiger partial charge in [0.05, 0.1) is 6.04 Å². The second-order valence-electron chi connectivity index (χ2n) is 5.61. The molecule has 0 saturated carbocycles. The lowest BCUT2D eigenvalue weighted by atomic mass is 10.1. The number of hydrogen-bond donors (Lipinski definition) is 1. The average Bonchev–Trinajstić information content (AvgIpc) is 2.97. The van der Waals surface area contributed by atoms with Crippen molar-refractivity contribution in [2.75, 3.05) is 12.3 Å². The molecule has 1 aliphatic rings. The first-order valence-electron chi connectivity index (χ1n) is 7.84. The van der Waals surface area contributed by atoms with Crippen LogP contribution in [0.25, 0.3) is 6.08 Å². The summed E-state index contributed by atoms with van der Waals surface area (Å²) in [6.45, 7) is 0.743. The number of rotatable bonds is 3. The number of carbonyl (C=O) groups is 1. The van der Waals surface area contributed by atoms with E-state index in [0.29, 0.717) is 5.56 Å². The molecule has 2 aromatic rings. The molecule has 0 spiro atoms. The Kier molecular flexibility index (Phi) is 5.02. The lowest BCUT2D eigenvalue weighted by Gasteiger charge is -2.28. The van der Waals surface area contributed by atoms with Gasteiger partial charge in [-0.05, 0) is 30.4 Å². The van der Waals surface area contributed by atoms with Gasteiger partial charge >= 0.3 is 0 Å². The summed E-state index contributed by atoms with van der Waals surface area (Å²) in [5.74, 6) is 0.168. The monoisotopic (exact) mass is 328 g/mol. The van der Waals surface area contributed by atoms with Gasteiger partial charge in [-0.3, -0.25) is 4.79 Å². The minimum absolute atomic E-state index is 0.0779. The van der Waals surface area contributed by atoms with Crippen molar-refractivity contribution in [2.24, 2.45) is 0 Å². The number of nitrogens with zero attached hydrogens (tertiary/aromatic N) is 3. The van der Waals surface area contributed by atoms with Gasteiger partial charge in [0.25, 0.3) is 5.91 Å². The number of likely N-dealkylation sites (tertiary alicyclic amines) is 1. The van der Waals surface area contributed by atoms with Crippen LogP contribution in [-0.2, 0) is 0 Å². The van der Waals surface area contributed by atoms with E-state index in [2.05, 4.69) is 33.6 Å². The van der Waals surface area contributed by atoms with Crippen LogP contribution in [0.15, 0.2) is 36.1 Å². The second-order valence-corrected chi connectivity index (χ2v) is 6.59. The molecule has 1 amide bonds. The number of hydrogen-bond acceptors (Lipinski definition) is 5. The lowest BCUT2D eigenvalue weighted by molar-refractivity contribution is 0.0719. The lowest BCUT2D eigenvalue weighted by Crippen LogP contribution is -2.39. The molecule has 120 valence electrons. The van der Waals surface area contributed by atoms with E-state index >= 15 is 0 Å². The van der Waals surface area contributed by atoms with Crippen molar-refractivity contribution < 1.29 is 4.79 Å². The molecule has 6 heteroatoms. The highest BCUT2D eigenvalue weighted by atomic mass is 32.1. The third-order valence-electron chi connectivity index (χ3n) is 4.06. The molecule has 0 bridgehead atoms. The van der Waals surface area contributed by atoms with Gasteiger partial charge in [-0.25, -0.2) is 9.97 Å². The third kappa shape index (κ3) is 3.76. The SMILES string of the molecule is Nc1ncncc1C(=O)N1CCCCCC1C=Cc1cccs1. The molecular formula is C17H20N4OS. The Labute approximate surface area is 139 Å². The van der Waals surface area contributed by atoms with Crippen molar-refractivity contribution in [2.45, 2.75) is 31.7 Å². The number of carbonyl (C=O) groups excluding carboxylic acids is 1. The van der Waals surface area contributed by atoms with Crippen molar-refractivity contribution in [3.8, 4) is 0 Å². The first-order chi connectivity index (χ1) is 11.3. The van der Waals surface area contributed by atoms with Crippen molar-refractivity contribution >= 4 is 29.1 Å². The highest BCUT2D eigenvalue weighted by Gasteiger charge is 2.26. The van der Waals surface area contributed by atoms with Gasteiger partial charge in [0.15, 0.2) is 0 Å². The van der Waals surface area contributed by atoms with Gasteiger partial charge in [0, 0.05) is 17.6 Å². The highest BCUT2D eigenvalue weighted by molar-refractivity contribution is 7.10. The predicted molar refractivity (Wildman–Crippen MR) is 93.1 cm³/mol. The van der Waals surface area contributed by atoms with Gasteiger partial charge in [-0.2, -0.15) is 0 Å². The fourth-order valence-corrected chi connectivity index (χ4v) is 3.47. The van der Waals surface area contributed by atoms with Gasteiger partial charge in [-0.1, -0.05) is 25.0 Å². The Balaban J connectivity index is 1.84. The van der Waals surface area contributed by atoms with Crippen LogP contribution in [-0.4, -0.2) is 33.4 Å². The van der Waals surface area contributed by atoms with E-state index in [9.17, 15) is 4.79 Å². The number of thiophene rings is 1. The van der Waals surface area contributed by atoms with Crippen molar-refractivity contribution in [3.05, 3.63) is 46.6 Å². The molecule has 1 saturated heterocycles. The fourth-order valence-electron chi connectivity index (χ4n) is 2.84. The zero-order valence-electron chi connectivity index (χ0n) is 12.9. The van der Waals surface area contributed by atoms with E-state index in [-0.39, 0.29) is 17.8 Å². The highest BCUT2D eigenvalue weighted by Crippen LogP contribution is 2.22. The molecule has 23 heavy (non-hydrogen) atoms. The molecule has 5 nitrogen and oxygen atoms in total. The topological polar surface area (TPSA) is 72.1 Å². The summed E-state index contributed by atoms with van der Waals surface area (Å²) in [5.41, 5.74) is 6.24. The summed E-state index contributed by atoms with van der Waals surface area (Å²) in [7, 11) is 0. The van der Waals surface area contributed by atoms with Crippen LogP contribution in [0.4, 0.5) is 5.82 Å². The Morgan fingerprint density at radius 3 is 3.09 bits per heavy atom. The quantitative estimate of drug-likeness (QED) is 0.939. The molecule has 0 aliphatic carbocycles. The van der Waals surface area contributed by atoms with E-state index in [4.69, 9.17) is 5.73 Å². The first kappa shape index (κ1) is 15.7. The number of anilines is 1. The molecule has 1 atom stereocenters. The number of nitrogens with two attached hydrogens (primary N) is 1. The normalized spacial score (nSPS) is 19.0. The summed E-state index contributed by atoms with van der Waals surface area (Å²) >= 11 is 1.69. The molecule has 1 unspecified atom stereocenters. The summed E-state index contributed by atoms with van der Waals surface area (Å²) in [5, 5.41) is 2.05. The van der Waals surface area contributed by atoms with E-state index in [1.54, 1.807) is 11.3 Å². The Bertz CT molecular complexity index is 684. The van der Waals surface area contributed by atoms with E-state index in [1.165, 1.54) is 17.4 Å². The van der Waals surface area contributed by atoms with Crippen molar-refractivity contribution in [3.63, 3.8) is 0 Å². The summed E-state index contributed by atoms with van der Waals surface area (Å²) in [4.78, 5) is 23.9. The van der Waals surface area contributed by atoms with Crippen LogP contribution in [0.1, 0.15) is 40.9 Å². The molecule has 0 radical (unpaired) electrons. The molecule has 0 aromatic carbocycles. The molecule has 2 aromatic heterocycles. The Morgan fingerprint density at radius 1 is 1.39 bits per heavy atom. The standard InChI is InChI=1S/C17H20N4OS/c18-16-15(11-19-12-20-16)17(22)21-9-3-1-2-5-13(21)7-8-14-6-4-10-23-14/h4,6-8,10-13H,1-3,5,9H2,(H2,18,19,20). The van der Waals surface area contributed by atoms with E-state index < -0.39 is 0 Å². The van der Waals surface area contributed by atoms with Crippen LogP contribution >= 0.6 is 11.3 Å². The number of nitrogen functional groups attached to an aromatic ring is 1. The molecule has 1 aliphatic heterocycles. The zero-order valence-corrected chi connectivity index (χ0v) is 13.7. The fraction of sp³-hybridized carbons (Fsp3) is 0.353. The average molecular weight is 328 g/mol. The Morgan fingerprint density at radius 2 is 2.30 bits per heavy atom. The summed E-state index contributed by atoms with van der Waals surface area (Å²) in [6.07, 6.45) is 11.4.